The van der Waals surface area contributed by atoms with Crippen molar-refractivity contribution in [1.29, 1.82) is 0 Å². The van der Waals surface area contributed by atoms with E-state index in [-0.39, 0.29) is 22.5 Å². The van der Waals surface area contributed by atoms with E-state index in [0.717, 1.165) is 11.1 Å². The molecule has 8 heteroatoms. The summed E-state index contributed by atoms with van der Waals surface area (Å²) in [5, 5.41) is 0.615. The highest BCUT2D eigenvalue weighted by atomic mass is 16.6. The number of ether oxygens (including phenoxy) is 4. The molecule has 0 radical (unpaired) electrons. The van der Waals surface area contributed by atoms with Gasteiger partial charge in [-0.15, -0.1) is 0 Å². The van der Waals surface area contributed by atoms with Gasteiger partial charge >= 0.3 is 6.09 Å². The normalized spacial score (nSPS) is 13.3. The zero-order valence-corrected chi connectivity index (χ0v) is 25.2. The summed E-state index contributed by atoms with van der Waals surface area (Å²) in [6.07, 6.45) is 5.54. The predicted molar refractivity (Wildman–Crippen MR) is 166 cm³/mol. The minimum Gasteiger partial charge on any atom is -0.495 e. The van der Waals surface area contributed by atoms with Crippen LogP contribution in [0.1, 0.15) is 44.4 Å². The van der Waals surface area contributed by atoms with E-state index in [1.165, 1.54) is 25.2 Å². The van der Waals surface area contributed by atoms with Gasteiger partial charge in [0.15, 0.2) is 11.5 Å². The van der Waals surface area contributed by atoms with Gasteiger partial charge in [-0.1, -0.05) is 29.8 Å². The van der Waals surface area contributed by atoms with Gasteiger partial charge in [-0.2, -0.15) is 0 Å². The number of aryl methyl sites for hydroxylation is 1. The van der Waals surface area contributed by atoms with E-state index in [1.54, 1.807) is 13.1 Å². The van der Waals surface area contributed by atoms with Crippen LogP contribution in [-0.2, 0) is 6.42 Å². The summed E-state index contributed by atoms with van der Waals surface area (Å²) in [6.45, 7) is 9.74. The van der Waals surface area contributed by atoms with E-state index in [4.69, 9.17) is 23.4 Å². The molecule has 8 nitrogen and oxygen atoms in total. The zero-order chi connectivity index (χ0) is 30.3. The van der Waals surface area contributed by atoms with Gasteiger partial charge in [0.25, 0.3) is 0 Å². The highest BCUT2D eigenvalue weighted by Gasteiger charge is 2.29. The van der Waals surface area contributed by atoms with Crippen molar-refractivity contribution in [3.63, 3.8) is 0 Å². The number of para-hydroxylation sites is 1. The molecule has 0 aliphatic carbocycles. The molecular formula is C34H35NO7. The highest BCUT2D eigenvalue weighted by molar-refractivity contribution is 6.00. The van der Waals surface area contributed by atoms with Crippen LogP contribution in [0.25, 0.3) is 28.0 Å². The van der Waals surface area contributed by atoms with E-state index in [2.05, 4.69) is 0 Å². The Labute approximate surface area is 244 Å². The third-order valence-corrected chi connectivity index (χ3v) is 7.32. The first-order chi connectivity index (χ1) is 20.0. The van der Waals surface area contributed by atoms with Crippen molar-refractivity contribution < 1.29 is 28.2 Å². The molecule has 0 spiro atoms. The van der Waals surface area contributed by atoms with Gasteiger partial charge in [-0.05, 0) is 64.8 Å². The quantitative estimate of drug-likeness (QED) is 0.175. The number of anilines is 1. The summed E-state index contributed by atoms with van der Waals surface area (Å²) in [4.78, 5) is 29.0. The van der Waals surface area contributed by atoms with Crippen LogP contribution in [0.3, 0.4) is 0 Å². The number of benzene rings is 3. The maximum absolute atomic E-state index is 14.3. The number of hydrogen-bond acceptors (Lipinski definition) is 7. The van der Waals surface area contributed by atoms with Crippen molar-refractivity contribution >= 4 is 39.8 Å². The van der Waals surface area contributed by atoms with Crippen LogP contribution in [0.5, 0.6) is 23.0 Å². The van der Waals surface area contributed by atoms with Crippen LogP contribution in [0.4, 0.5) is 10.5 Å². The molecule has 0 saturated carbocycles. The Kier molecular flexibility index (Phi) is 7.49. The lowest BCUT2D eigenvalue weighted by atomic mass is 9.97. The molecule has 4 aromatic rings. The van der Waals surface area contributed by atoms with Gasteiger partial charge in [0.05, 0.1) is 25.2 Å². The second-order valence-electron chi connectivity index (χ2n) is 11.1. The topological polar surface area (TPSA) is 87.4 Å². The lowest BCUT2D eigenvalue weighted by Crippen LogP contribution is -2.30. The van der Waals surface area contributed by atoms with Crippen molar-refractivity contribution in [3.05, 3.63) is 81.0 Å². The molecule has 1 aromatic heterocycles. The van der Waals surface area contributed by atoms with E-state index < -0.39 is 11.7 Å². The Hall–Kier alpha value is -4.72. The van der Waals surface area contributed by atoms with Gasteiger partial charge in [-0.3, -0.25) is 9.69 Å². The summed E-state index contributed by atoms with van der Waals surface area (Å²) >= 11 is 0. The smallest absolute Gasteiger partial charge is 0.419 e. The molecule has 0 fully saturated rings. The number of amides is 1. The number of rotatable bonds is 6. The Morgan fingerprint density at radius 2 is 1.71 bits per heavy atom. The summed E-state index contributed by atoms with van der Waals surface area (Å²) in [5.41, 5.74) is 3.60. The lowest BCUT2D eigenvalue weighted by Gasteiger charge is -2.29. The first-order valence-electron chi connectivity index (χ1n) is 13.7. The van der Waals surface area contributed by atoms with Crippen molar-refractivity contribution in [2.75, 3.05) is 26.2 Å². The second kappa shape index (κ2) is 10.9. The van der Waals surface area contributed by atoms with Gasteiger partial charge in [-0.25, -0.2) is 4.79 Å². The molecule has 218 valence electrons. The number of fused-ring (bicyclic) bond motifs is 3. The molecule has 1 aliphatic rings. The molecule has 0 bridgehead atoms. The molecule has 42 heavy (non-hydrogen) atoms. The van der Waals surface area contributed by atoms with E-state index in [0.29, 0.717) is 51.1 Å². The fourth-order valence-corrected chi connectivity index (χ4v) is 5.22. The van der Waals surface area contributed by atoms with Crippen molar-refractivity contribution in [3.8, 4) is 23.0 Å². The molecule has 1 aliphatic heterocycles. The zero-order valence-electron chi connectivity index (χ0n) is 25.2. The van der Waals surface area contributed by atoms with Crippen LogP contribution in [-0.4, -0.2) is 33.0 Å². The summed E-state index contributed by atoms with van der Waals surface area (Å²) in [5.74, 6) is 1.33. The van der Waals surface area contributed by atoms with Crippen LogP contribution in [0.2, 0.25) is 0 Å². The number of methoxy groups -OCH3 is 2. The Morgan fingerprint density at radius 1 is 1.02 bits per heavy atom. The molecule has 0 unspecified atom stereocenters. The third kappa shape index (κ3) is 5.09. The molecule has 1 amide bonds. The van der Waals surface area contributed by atoms with Crippen molar-refractivity contribution in [2.45, 2.75) is 46.6 Å². The molecule has 0 atom stereocenters. The summed E-state index contributed by atoms with van der Waals surface area (Å²) < 4.78 is 30.0. The van der Waals surface area contributed by atoms with Gasteiger partial charge in [0, 0.05) is 30.4 Å². The largest absolute Gasteiger partial charge is 0.495 e. The average molecular weight is 570 g/mol. The van der Waals surface area contributed by atoms with E-state index in [1.807, 2.05) is 77.1 Å². The lowest BCUT2D eigenvalue weighted by molar-refractivity contribution is 0.158. The fraction of sp³-hybridized carbons (Fsp3) is 0.294. The first-order valence-corrected chi connectivity index (χ1v) is 13.7. The summed E-state index contributed by atoms with van der Waals surface area (Å²) in [6, 6.07) is 10.7. The molecular weight excluding hydrogens is 534 g/mol. The van der Waals surface area contributed by atoms with Gasteiger partial charge in [0.1, 0.15) is 33.7 Å². The maximum Gasteiger partial charge on any atom is 0.419 e. The Balaban J connectivity index is 1.76. The van der Waals surface area contributed by atoms with Crippen LogP contribution in [0, 0.1) is 6.92 Å². The second-order valence-corrected chi connectivity index (χ2v) is 11.1. The maximum atomic E-state index is 14.3. The number of carbonyl (C=O) groups excluding carboxylic acids is 1. The van der Waals surface area contributed by atoms with Crippen LogP contribution < -0.4 is 29.3 Å². The minimum absolute atomic E-state index is 0.139. The monoisotopic (exact) mass is 569 g/mol. The number of carbonyl (C=O) groups is 1. The van der Waals surface area contributed by atoms with Crippen LogP contribution in [0.15, 0.2) is 63.3 Å². The van der Waals surface area contributed by atoms with Crippen LogP contribution >= 0.6 is 0 Å². The third-order valence-electron chi connectivity index (χ3n) is 7.32. The van der Waals surface area contributed by atoms with Gasteiger partial charge < -0.3 is 23.4 Å². The Bertz CT molecular complexity index is 1840. The first kappa shape index (κ1) is 28.8. The fourth-order valence-electron chi connectivity index (χ4n) is 5.22. The highest BCUT2D eigenvalue weighted by Crippen LogP contribution is 2.44. The standard InChI is InChI=1S/C34H35NO7/c1-19(2)13-14-22-28-25(18-27(31(22)38-7)41-33(37)35(6)23-12-10-9-11-20(23)3)40-26-17-24-21(15-16-34(4,5)42-24)32(39-8)29(26)30(28)36/h9-13,15-18H,14H2,1-8H3. The molecule has 0 N–H and O–H groups in total. The SMILES string of the molecule is COc1c(OC(=O)N(C)c2ccccc2C)cc2oc3cc4c(c(OC)c3c(=O)c2c1CC=C(C)C)C=CC(C)(C)O4. The minimum atomic E-state index is -0.614. The molecule has 5 rings (SSSR count). The number of allylic oxidation sites excluding steroid dienone is 2. The molecule has 3 aromatic carbocycles. The van der Waals surface area contributed by atoms with Gasteiger partial charge in [0.2, 0.25) is 5.43 Å². The van der Waals surface area contributed by atoms with E-state index >= 15 is 0 Å². The van der Waals surface area contributed by atoms with E-state index in [9.17, 15) is 9.59 Å². The summed E-state index contributed by atoms with van der Waals surface area (Å²) in [7, 11) is 4.64. The molecule has 0 saturated heterocycles. The number of hydrogen-bond donors (Lipinski definition) is 0. The average Bonchev–Trinajstić information content (AvgIpc) is 2.93. The van der Waals surface area contributed by atoms with Crippen molar-refractivity contribution in [1.82, 2.24) is 0 Å². The predicted octanol–water partition coefficient (Wildman–Crippen LogP) is 7.60. The van der Waals surface area contributed by atoms with Crippen molar-refractivity contribution in [2.24, 2.45) is 0 Å². The Morgan fingerprint density at radius 3 is 2.38 bits per heavy atom. The number of nitrogens with zero attached hydrogens (tertiary/aromatic N) is 1. The molecule has 2 heterocycles.